The molecule has 1 aromatic carbocycles. The fourth-order valence-electron chi connectivity index (χ4n) is 2.39. The molecule has 0 spiro atoms. The van der Waals surface area contributed by atoms with Crippen LogP contribution in [0.3, 0.4) is 0 Å². The van der Waals surface area contributed by atoms with Crippen LogP contribution in [-0.2, 0) is 16.8 Å². The maximum Gasteiger partial charge on any atom is 0.305 e. The highest BCUT2D eigenvalue weighted by molar-refractivity contribution is 5.78. The van der Waals surface area contributed by atoms with E-state index in [0.29, 0.717) is 6.54 Å². The number of rotatable bonds is 3. The first kappa shape index (κ1) is 14.6. The molecule has 4 nitrogen and oxygen atoms in total. The Balaban J connectivity index is 2.65. The number of imidazole rings is 1. The second-order valence-corrected chi connectivity index (χ2v) is 6.41. The summed E-state index contributed by atoms with van der Waals surface area (Å²) < 4.78 is 2.05. The normalized spacial score (nSPS) is 12.1. The molecule has 2 aromatic rings. The number of aryl methyl sites for hydroxylation is 3. The Kier molecular flexibility index (Phi) is 3.59. The lowest BCUT2D eigenvalue weighted by atomic mass is 9.95. The first-order valence-corrected chi connectivity index (χ1v) is 6.90. The van der Waals surface area contributed by atoms with Crippen molar-refractivity contribution in [2.75, 3.05) is 0 Å². The molecule has 0 saturated carbocycles. The molecule has 0 atom stereocenters. The summed E-state index contributed by atoms with van der Waals surface area (Å²) in [6.45, 7) is 10.9. The molecule has 20 heavy (non-hydrogen) atoms. The predicted molar refractivity (Wildman–Crippen MR) is 80.2 cm³/mol. The number of hydrogen-bond acceptors (Lipinski definition) is 2. The average molecular weight is 274 g/mol. The second kappa shape index (κ2) is 4.93. The van der Waals surface area contributed by atoms with Gasteiger partial charge in [0.05, 0.1) is 17.5 Å². The van der Waals surface area contributed by atoms with Crippen molar-refractivity contribution in [3.8, 4) is 0 Å². The van der Waals surface area contributed by atoms with E-state index in [0.717, 1.165) is 16.9 Å². The zero-order chi connectivity index (χ0) is 15.1. The van der Waals surface area contributed by atoms with Gasteiger partial charge in [0, 0.05) is 12.0 Å². The van der Waals surface area contributed by atoms with Crippen molar-refractivity contribution in [2.45, 2.75) is 53.0 Å². The molecule has 0 aliphatic carbocycles. The number of carboxylic acid groups (broad SMARTS) is 1. The number of aromatic nitrogens is 2. The van der Waals surface area contributed by atoms with Crippen LogP contribution in [0.4, 0.5) is 0 Å². The summed E-state index contributed by atoms with van der Waals surface area (Å²) in [5, 5.41) is 8.94. The first-order chi connectivity index (χ1) is 9.20. The standard InChI is InChI=1S/C16H22N2O2/c1-10-8-12-13(9-11(10)2)18(7-6-14(19)20)15(17-12)16(3,4)5/h8-9H,6-7H2,1-5H3,(H,19,20). The average Bonchev–Trinajstić information content (AvgIpc) is 2.65. The Labute approximate surface area is 119 Å². The van der Waals surface area contributed by atoms with E-state index in [1.165, 1.54) is 11.1 Å². The highest BCUT2D eigenvalue weighted by Crippen LogP contribution is 2.28. The monoisotopic (exact) mass is 274 g/mol. The summed E-state index contributed by atoms with van der Waals surface area (Å²) in [6, 6.07) is 4.19. The molecule has 0 bridgehead atoms. The topological polar surface area (TPSA) is 55.1 Å². The molecule has 2 rings (SSSR count). The zero-order valence-corrected chi connectivity index (χ0v) is 12.8. The van der Waals surface area contributed by atoms with Crippen LogP contribution in [0.2, 0.25) is 0 Å². The van der Waals surface area contributed by atoms with Crippen LogP contribution in [0, 0.1) is 13.8 Å². The Hall–Kier alpha value is -1.84. The van der Waals surface area contributed by atoms with E-state index in [2.05, 4.69) is 51.3 Å². The van der Waals surface area contributed by atoms with Crippen molar-refractivity contribution < 1.29 is 9.90 Å². The molecule has 1 heterocycles. The van der Waals surface area contributed by atoms with Gasteiger partial charge in [0.25, 0.3) is 0 Å². The summed E-state index contributed by atoms with van der Waals surface area (Å²) in [5.74, 6) is 0.161. The van der Waals surface area contributed by atoms with Crippen LogP contribution in [0.15, 0.2) is 12.1 Å². The van der Waals surface area contributed by atoms with Gasteiger partial charge in [0.1, 0.15) is 5.82 Å². The third kappa shape index (κ3) is 2.69. The van der Waals surface area contributed by atoms with Crippen LogP contribution >= 0.6 is 0 Å². The van der Waals surface area contributed by atoms with Crippen LogP contribution in [0.1, 0.15) is 44.1 Å². The largest absolute Gasteiger partial charge is 0.481 e. The minimum absolute atomic E-state index is 0.112. The Morgan fingerprint density at radius 2 is 1.85 bits per heavy atom. The van der Waals surface area contributed by atoms with Crippen LogP contribution in [0.5, 0.6) is 0 Å². The smallest absolute Gasteiger partial charge is 0.305 e. The van der Waals surface area contributed by atoms with Crippen molar-refractivity contribution in [2.24, 2.45) is 0 Å². The molecule has 108 valence electrons. The Bertz CT molecular complexity index is 663. The van der Waals surface area contributed by atoms with E-state index >= 15 is 0 Å². The molecule has 0 amide bonds. The minimum Gasteiger partial charge on any atom is -0.481 e. The summed E-state index contributed by atoms with van der Waals surface area (Å²) in [7, 11) is 0. The molecule has 0 aliphatic rings. The van der Waals surface area contributed by atoms with Gasteiger partial charge in [-0.1, -0.05) is 20.8 Å². The molecule has 0 aliphatic heterocycles. The maximum atomic E-state index is 10.9. The van der Waals surface area contributed by atoms with Gasteiger partial charge in [-0.3, -0.25) is 4.79 Å². The van der Waals surface area contributed by atoms with E-state index in [9.17, 15) is 4.79 Å². The number of carbonyl (C=O) groups is 1. The van der Waals surface area contributed by atoms with Crippen LogP contribution in [-0.4, -0.2) is 20.6 Å². The van der Waals surface area contributed by atoms with Crippen LogP contribution < -0.4 is 0 Å². The van der Waals surface area contributed by atoms with E-state index in [1.54, 1.807) is 0 Å². The summed E-state index contributed by atoms with van der Waals surface area (Å²) in [4.78, 5) is 15.6. The van der Waals surface area contributed by atoms with Gasteiger partial charge in [-0.25, -0.2) is 4.98 Å². The molecule has 0 fully saturated rings. The zero-order valence-electron chi connectivity index (χ0n) is 12.8. The maximum absolute atomic E-state index is 10.9. The van der Waals surface area contributed by atoms with Crippen molar-refractivity contribution in [1.29, 1.82) is 0 Å². The Morgan fingerprint density at radius 1 is 1.25 bits per heavy atom. The fraction of sp³-hybridized carbons (Fsp3) is 0.500. The van der Waals surface area contributed by atoms with Gasteiger partial charge in [-0.05, 0) is 37.1 Å². The van der Waals surface area contributed by atoms with Crippen LogP contribution in [0.25, 0.3) is 11.0 Å². The summed E-state index contributed by atoms with van der Waals surface area (Å²) in [6.07, 6.45) is 0.113. The molecule has 0 saturated heterocycles. The van der Waals surface area contributed by atoms with E-state index in [-0.39, 0.29) is 11.8 Å². The molecule has 4 heteroatoms. The van der Waals surface area contributed by atoms with Crippen molar-refractivity contribution in [1.82, 2.24) is 9.55 Å². The van der Waals surface area contributed by atoms with Gasteiger partial charge in [-0.2, -0.15) is 0 Å². The molecular weight excluding hydrogens is 252 g/mol. The predicted octanol–water partition coefficient (Wildman–Crippen LogP) is 3.43. The molecule has 1 aromatic heterocycles. The number of hydrogen-bond donors (Lipinski definition) is 1. The second-order valence-electron chi connectivity index (χ2n) is 6.41. The highest BCUT2D eigenvalue weighted by Gasteiger charge is 2.23. The highest BCUT2D eigenvalue weighted by atomic mass is 16.4. The van der Waals surface area contributed by atoms with Gasteiger partial charge in [0.15, 0.2) is 0 Å². The van der Waals surface area contributed by atoms with Gasteiger partial charge in [-0.15, -0.1) is 0 Å². The molecule has 0 radical (unpaired) electrons. The number of aliphatic carboxylic acids is 1. The van der Waals surface area contributed by atoms with E-state index < -0.39 is 5.97 Å². The third-order valence-electron chi connectivity index (χ3n) is 3.58. The van der Waals surface area contributed by atoms with E-state index in [1.807, 2.05) is 0 Å². The quantitative estimate of drug-likeness (QED) is 0.933. The third-order valence-corrected chi connectivity index (χ3v) is 3.58. The number of fused-ring (bicyclic) bond motifs is 1. The van der Waals surface area contributed by atoms with Gasteiger partial charge in [0.2, 0.25) is 0 Å². The lowest BCUT2D eigenvalue weighted by Crippen LogP contribution is -2.20. The Morgan fingerprint density at radius 3 is 2.40 bits per heavy atom. The first-order valence-electron chi connectivity index (χ1n) is 6.90. The number of benzene rings is 1. The van der Waals surface area contributed by atoms with Gasteiger partial charge >= 0.3 is 5.97 Å². The number of carboxylic acids is 1. The number of nitrogens with zero attached hydrogens (tertiary/aromatic N) is 2. The van der Waals surface area contributed by atoms with Crippen molar-refractivity contribution in [3.05, 3.63) is 29.1 Å². The summed E-state index contributed by atoms with van der Waals surface area (Å²) >= 11 is 0. The van der Waals surface area contributed by atoms with Crippen molar-refractivity contribution in [3.63, 3.8) is 0 Å². The molecule has 0 unspecified atom stereocenters. The lowest BCUT2D eigenvalue weighted by molar-refractivity contribution is -0.137. The SMILES string of the molecule is Cc1cc2nc(C(C)(C)C)n(CCC(=O)O)c2cc1C. The van der Waals surface area contributed by atoms with Crippen molar-refractivity contribution >= 4 is 17.0 Å². The van der Waals surface area contributed by atoms with Gasteiger partial charge < -0.3 is 9.67 Å². The lowest BCUT2D eigenvalue weighted by Gasteiger charge is -2.19. The fourth-order valence-corrected chi connectivity index (χ4v) is 2.39. The molecular formula is C16H22N2O2. The van der Waals surface area contributed by atoms with E-state index in [4.69, 9.17) is 10.1 Å². The minimum atomic E-state index is -0.782. The summed E-state index contributed by atoms with van der Waals surface area (Å²) in [5.41, 5.74) is 4.28. The molecule has 1 N–H and O–H groups in total.